The Labute approximate surface area is 379 Å². The number of hydrogen-bond donors (Lipinski definition) is 0. The Hall–Kier alpha value is -7.83. The average Bonchev–Trinajstić information content (AvgIpc) is 3.97. The highest BCUT2D eigenvalue weighted by Gasteiger charge is 2.26. The maximum atomic E-state index is 4.94. The van der Waals surface area contributed by atoms with E-state index in [1.165, 1.54) is 65.7 Å². The Bertz CT molecular complexity index is 3460. The van der Waals surface area contributed by atoms with Crippen LogP contribution in [-0.4, -0.2) is 28.7 Å². The molecule has 0 aliphatic carbocycles. The second kappa shape index (κ2) is 15.5. The largest absolute Gasteiger partial charge is 0.307 e. The highest BCUT2D eigenvalue weighted by atomic mass is 15.1. The fraction of sp³-hybridized carbons (Fsp3) is 0.136. The van der Waals surface area contributed by atoms with Crippen LogP contribution in [-0.2, 0) is 0 Å². The van der Waals surface area contributed by atoms with Gasteiger partial charge in [0.1, 0.15) is 11.6 Å². The lowest BCUT2D eigenvalue weighted by Gasteiger charge is -2.23. The monoisotopic (exact) mass is 842 g/mol. The highest BCUT2D eigenvalue weighted by molar-refractivity contribution is 6.13. The van der Waals surface area contributed by atoms with Crippen LogP contribution in [0.2, 0.25) is 0 Å². The minimum atomic E-state index is 0.646. The second-order valence-electron chi connectivity index (χ2n) is 17.5. The van der Waals surface area contributed by atoms with Crippen LogP contribution in [0.3, 0.4) is 0 Å². The van der Waals surface area contributed by atoms with Crippen LogP contribution in [0.15, 0.2) is 158 Å². The molecular weight excluding hydrogens is 793 g/mol. The van der Waals surface area contributed by atoms with Gasteiger partial charge in [0.2, 0.25) is 0 Å². The summed E-state index contributed by atoms with van der Waals surface area (Å²) in [4.78, 5) is 14.4. The van der Waals surface area contributed by atoms with Gasteiger partial charge in [0, 0.05) is 37.9 Å². The van der Waals surface area contributed by atoms with E-state index in [1.54, 1.807) is 0 Å². The molecule has 0 amide bonds. The van der Waals surface area contributed by atoms with E-state index in [0.29, 0.717) is 17.5 Å². The summed E-state index contributed by atoms with van der Waals surface area (Å²) in [5.41, 5.74) is 19.5. The van der Waals surface area contributed by atoms with Crippen molar-refractivity contribution >= 4 is 65.4 Å². The number of aromatic nitrogens is 6. The quantitative estimate of drug-likeness (QED) is 0.177. The first kappa shape index (κ1) is 40.0. The van der Waals surface area contributed by atoms with E-state index in [2.05, 4.69) is 218 Å². The van der Waals surface area contributed by atoms with E-state index >= 15 is 0 Å². The van der Waals surface area contributed by atoms with Gasteiger partial charge < -0.3 is 13.7 Å². The van der Waals surface area contributed by atoms with Gasteiger partial charge in [-0.25, -0.2) is 15.0 Å². The molecule has 0 unspecified atom stereocenters. The number of fused-ring (bicyclic) bond motifs is 9. The summed E-state index contributed by atoms with van der Waals surface area (Å²) in [6, 6.07) is 56.9. The fourth-order valence-electron chi connectivity index (χ4n) is 10.3. The van der Waals surface area contributed by atoms with Crippen LogP contribution in [0.4, 0.5) is 0 Å². The third-order valence-corrected chi connectivity index (χ3v) is 14.0. The van der Waals surface area contributed by atoms with Gasteiger partial charge in [-0.2, -0.15) is 0 Å². The van der Waals surface area contributed by atoms with Crippen LogP contribution in [0.1, 0.15) is 45.0 Å². The fourth-order valence-corrected chi connectivity index (χ4v) is 10.3. The van der Waals surface area contributed by atoms with Crippen molar-refractivity contribution in [2.45, 2.75) is 55.4 Å². The normalized spacial score (nSPS) is 11.7. The Kier molecular flexibility index (Phi) is 9.51. The van der Waals surface area contributed by atoms with Gasteiger partial charge >= 0.3 is 0 Å². The smallest absolute Gasteiger partial charge is 0.163 e. The van der Waals surface area contributed by atoms with Gasteiger partial charge in [-0.1, -0.05) is 109 Å². The van der Waals surface area contributed by atoms with Crippen molar-refractivity contribution in [3.63, 3.8) is 0 Å². The topological polar surface area (TPSA) is 53.5 Å². The predicted octanol–water partition coefficient (Wildman–Crippen LogP) is 15.0. The predicted molar refractivity (Wildman–Crippen MR) is 273 cm³/mol. The molecule has 316 valence electrons. The molecule has 65 heavy (non-hydrogen) atoms. The molecule has 4 heterocycles. The summed E-state index contributed by atoms with van der Waals surface area (Å²) < 4.78 is 7.34. The van der Waals surface area contributed by atoms with E-state index < -0.39 is 0 Å². The molecule has 6 nitrogen and oxygen atoms in total. The molecule has 0 fully saturated rings. The van der Waals surface area contributed by atoms with Crippen molar-refractivity contribution in [1.82, 2.24) is 28.7 Å². The molecular formula is C59H50N6. The SMILES string of the molecule is Cc1c(C)c(C)c(C)c(C)c1C.Cc1nc(C)nc(-c2cc(-n3c4ccccc4c4ccccc43)c(-n3c4ccccc4c4ccccc43)c(-n3c4ccccc4c4ccccc43)c2)n1. The van der Waals surface area contributed by atoms with Crippen molar-refractivity contribution < 1.29 is 0 Å². The lowest BCUT2D eigenvalue weighted by Crippen LogP contribution is -2.10. The highest BCUT2D eigenvalue weighted by Crippen LogP contribution is 2.44. The van der Waals surface area contributed by atoms with Crippen molar-refractivity contribution in [3.8, 4) is 28.5 Å². The number of para-hydroxylation sites is 6. The first-order chi connectivity index (χ1) is 31.6. The van der Waals surface area contributed by atoms with E-state index in [0.717, 1.165) is 55.7 Å². The van der Waals surface area contributed by atoms with Crippen LogP contribution in [0.25, 0.3) is 93.9 Å². The van der Waals surface area contributed by atoms with Crippen LogP contribution in [0.5, 0.6) is 0 Å². The van der Waals surface area contributed by atoms with Crippen LogP contribution < -0.4 is 0 Å². The zero-order chi connectivity index (χ0) is 44.7. The molecule has 0 aliphatic heterocycles. The molecule has 0 atom stereocenters. The van der Waals surface area contributed by atoms with E-state index in [-0.39, 0.29) is 0 Å². The molecule has 0 saturated carbocycles. The minimum absolute atomic E-state index is 0.646. The molecule has 0 radical (unpaired) electrons. The van der Waals surface area contributed by atoms with Gasteiger partial charge in [-0.15, -0.1) is 0 Å². The zero-order valence-corrected chi connectivity index (χ0v) is 38.2. The van der Waals surface area contributed by atoms with Gasteiger partial charge in [0.05, 0.1) is 50.2 Å². The first-order valence-corrected chi connectivity index (χ1v) is 22.5. The Morgan fingerprint density at radius 3 is 0.815 bits per heavy atom. The zero-order valence-electron chi connectivity index (χ0n) is 38.2. The summed E-state index contributed by atoms with van der Waals surface area (Å²) >= 11 is 0. The average molecular weight is 843 g/mol. The summed E-state index contributed by atoms with van der Waals surface area (Å²) in [6.07, 6.45) is 0. The lowest BCUT2D eigenvalue weighted by atomic mass is 9.90. The third-order valence-electron chi connectivity index (χ3n) is 14.0. The Morgan fingerprint density at radius 2 is 0.538 bits per heavy atom. The Balaban J connectivity index is 0.000000342. The molecule has 0 aliphatic rings. The van der Waals surface area contributed by atoms with E-state index in [9.17, 15) is 0 Å². The van der Waals surface area contributed by atoms with Crippen molar-refractivity contribution in [2.24, 2.45) is 0 Å². The summed E-state index contributed by atoms with van der Waals surface area (Å²) in [7, 11) is 0. The first-order valence-electron chi connectivity index (χ1n) is 22.5. The molecule has 6 heteroatoms. The van der Waals surface area contributed by atoms with Crippen molar-refractivity contribution in [3.05, 3.63) is 203 Å². The molecule has 0 N–H and O–H groups in total. The van der Waals surface area contributed by atoms with Crippen LogP contribution >= 0.6 is 0 Å². The number of benzene rings is 8. The molecule has 0 spiro atoms. The Morgan fingerprint density at radius 1 is 0.292 bits per heavy atom. The molecule has 0 bridgehead atoms. The molecule has 12 rings (SSSR count). The molecule has 12 aromatic rings. The second-order valence-corrected chi connectivity index (χ2v) is 17.5. The maximum Gasteiger partial charge on any atom is 0.163 e. The van der Waals surface area contributed by atoms with Crippen molar-refractivity contribution in [1.29, 1.82) is 0 Å². The molecule has 0 saturated heterocycles. The van der Waals surface area contributed by atoms with E-state index in [4.69, 9.17) is 9.97 Å². The minimum Gasteiger partial charge on any atom is -0.307 e. The van der Waals surface area contributed by atoms with Crippen LogP contribution in [0, 0.1) is 55.4 Å². The summed E-state index contributed by atoms with van der Waals surface area (Å²) in [5, 5.41) is 7.22. The van der Waals surface area contributed by atoms with Gasteiger partial charge in [-0.3, -0.25) is 0 Å². The number of hydrogen-bond acceptors (Lipinski definition) is 3. The van der Waals surface area contributed by atoms with Gasteiger partial charge in [-0.05, 0) is 137 Å². The molecule has 4 aromatic heterocycles. The van der Waals surface area contributed by atoms with Gasteiger partial charge in [0.25, 0.3) is 0 Å². The number of nitrogens with zero attached hydrogens (tertiary/aromatic N) is 6. The number of rotatable bonds is 4. The maximum absolute atomic E-state index is 4.94. The number of aryl methyl sites for hydroxylation is 2. The standard InChI is InChI=1S/C47H32N6.C12H18/c1-29-48-30(2)50-47(49-29)31-27-44(51-38-21-9-3-15-32(38)33-16-4-10-22-39(33)51)46(53-42-25-13-7-19-36(42)37-20-8-14-26-43(37)53)45(28-31)52-40-23-11-5-17-34(40)35-18-6-12-24-41(35)52;1-7-8(2)10(4)12(6)11(5)9(7)3/h3-28H,1-2H3;1-6H3. The van der Waals surface area contributed by atoms with E-state index in [1.807, 2.05) is 13.8 Å². The lowest BCUT2D eigenvalue weighted by molar-refractivity contribution is 0.927. The van der Waals surface area contributed by atoms with Gasteiger partial charge in [0.15, 0.2) is 5.82 Å². The molecule has 8 aromatic carbocycles. The summed E-state index contributed by atoms with van der Waals surface area (Å²) in [6.45, 7) is 17.1. The summed E-state index contributed by atoms with van der Waals surface area (Å²) in [5.74, 6) is 2.03. The third kappa shape index (κ3) is 6.27. The van der Waals surface area contributed by atoms with Crippen molar-refractivity contribution in [2.75, 3.05) is 0 Å².